The van der Waals surface area contributed by atoms with Crippen LogP contribution in [0, 0.1) is 0 Å². The lowest BCUT2D eigenvalue weighted by molar-refractivity contribution is -0.0527. The van der Waals surface area contributed by atoms with Gasteiger partial charge in [-0.25, -0.2) is 4.79 Å². The number of carbonyl (C=O) groups excluding carboxylic acids is 1. The van der Waals surface area contributed by atoms with Crippen LogP contribution in [-0.4, -0.2) is 44.8 Å². The summed E-state index contributed by atoms with van der Waals surface area (Å²) in [6, 6.07) is 0. The standard InChI is InChI=1S/C77H138O5/c1-5-9-13-17-21-25-29-33-37-41-45-49-53-57-61-65-69-75(73-79-71-67-63-59-55-51-47-43-39-35-31-27-23-19-15-11-7-3)81-77(78)82-76(70-66-62-58-54-50-46-42-38-34-30-26-22-18-14-10-6-2)74-80-72-68-64-60-56-52-48-44-40-36-32-28-24-20-16-12-8-4/h21-28,33-40,75-76H,5-20,29-32,41-74H2,1-4H3/b25-21-,26-22-,27-23-,28-24-,37-33-,38-34-,39-35-,40-36-. The van der Waals surface area contributed by atoms with Gasteiger partial charge in [-0.15, -0.1) is 0 Å². The Morgan fingerprint density at radius 1 is 0.256 bits per heavy atom. The highest BCUT2D eigenvalue weighted by Crippen LogP contribution is 2.18. The Balaban J connectivity index is 5.08. The molecule has 2 atom stereocenters. The molecule has 0 aliphatic rings. The zero-order valence-electron chi connectivity index (χ0n) is 55.1. The predicted molar refractivity (Wildman–Crippen MR) is 363 cm³/mol. The fraction of sp³-hybridized carbons (Fsp3) is 0.779. The second kappa shape index (κ2) is 72.4. The summed E-state index contributed by atoms with van der Waals surface area (Å²) >= 11 is 0. The summed E-state index contributed by atoms with van der Waals surface area (Å²) in [4.78, 5) is 13.6. The lowest BCUT2D eigenvalue weighted by atomic mass is 10.1. The normalized spacial score (nSPS) is 13.2. The van der Waals surface area contributed by atoms with Crippen molar-refractivity contribution in [3.63, 3.8) is 0 Å². The Morgan fingerprint density at radius 3 is 0.707 bits per heavy atom. The molecule has 0 saturated heterocycles. The van der Waals surface area contributed by atoms with E-state index in [0.29, 0.717) is 26.4 Å². The molecule has 0 aromatic heterocycles. The molecule has 0 amide bonds. The van der Waals surface area contributed by atoms with Gasteiger partial charge < -0.3 is 18.9 Å². The molecule has 0 fully saturated rings. The molecule has 0 N–H and O–H groups in total. The molecule has 5 nitrogen and oxygen atoms in total. The largest absolute Gasteiger partial charge is 0.508 e. The van der Waals surface area contributed by atoms with Gasteiger partial charge in [-0.05, 0) is 167 Å². The maximum Gasteiger partial charge on any atom is 0.508 e. The lowest BCUT2D eigenvalue weighted by Gasteiger charge is -2.22. The van der Waals surface area contributed by atoms with E-state index < -0.39 is 6.16 Å². The van der Waals surface area contributed by atoms with E-state index in [1.165, 1.54) is 244 Å². The van der Waals surface area contributed by atoms with E-state index in [9.17, 15) is 4.79 Å². The van der Waals surface area contributed by atoms with Crippen molar-refractivity contribution < 1.29 is 23.7 Å². The van der Waals surface area contributed by atoms with Crippen molar-refractivity contribution in [2.75, 3.05) is 26.4 Å². The first-order valence-electron chi connectivity index (χ1n) is 35.9. The van der Waals surface area contributed by atoms with Crippen molar-refractivity contribution in [1.82, 2.24) is 0 Å². The van der Waals surface area contributed by atoms with E-state index in [-0.39, 0.29) is 12.2 Å². The van der Waals surface area contributed by atoms with Gasteiger partial charge in [0.15, 0.2) is 0 Å². The number of hydrogen-bond donors (Lipinski definition) is 0. The van der Waals surface area contributed by atoms with Crippen LogP contribution in [0.15, 0.2) is 97.2 Å². The molecule has 0 bridgehead atoms. The van der Waals surface area contributed by atoms with Gasteiger partial charge in [-0.3, -0.25) is 0 Å². The minimum absolute atomic E-state index is 0.287. The second-order valence-corrected chi connectivity index (χ2v) is 23.8. The molecule has 0 radical (unpaired) electrons. The molecular weight excluding hydrogens is 1000 g/mol. The van der Waals surface area contributed by atoms with Crippen LogP contribution >= 0.6 is 0 Å². The van der Waals surface area contributed by atoms with Gasteiger partial charge in [0, 0.05) is 13.2 Å². The molecule has 82 heavy (non-hydrogen) atoms. The summed E-state index contributed by atoms with van der Waals surface area (Å²) in [5, 5.41) is 0. The molecule has 2 unspecified atom stereocenters. The molecule has 5 heteroatoms. The quantitative estimate of drug-likeness (QED) is 0.0345. The minimum Gasteiger partial charge on any atom is -0.429 e. The van der Waals surface area contributed by atoms with Gasteiger partial charge in [0.2, 0.25) is 0 Å². The lowest BCUT2D eigenvalue weighted by Crippen LogP contribution is -2.29. The van der Waals surface area contributed by atoms with Crippen molar-refractivity contribution in [3.8, 4) is 0 Å². The smallest absolute Gasteiger partial charge is 0.429 e. The zero-order chi connectivity index (χ0) is 59.1. The van der Waals surface area contributed by atoms with Crippen molar-refractivity contribution >= 4 is 6.16 Å². The highest BCUT2D eigenvalue weighted by molar-refractivity contribution is 5.60. The predicted octanol–water partition coefficient (Wildman–Crippen LogP) is 25.9. The number of hydrogen-bond acceptors (Lipinski definition) is 5. The molecular formula is C77H138O5. The highest BCUT2D eigenvalue weighted by atomic mass is 16.7. The third-order valence-electron chi connectivity index (χ3n) is 15.6. The van der Waals surface area contributed by atoms with Crippen LogP contribution in [0.25, 0.3) is 0 Å². The second-order valence-electron chi connectivity index (χ2n) is 23.8. The number of unbranched alkanes of at least 4 members (excludes halogenated alkanes) is 36. The molecule has 0 aromatic carbocycles. The van der Waals surface area contributed by atoms with E-state index >= 15 is 0 Å². The first kappa shape index (κ1) is 79.1. The topological polar surface area (TPSA) is 54.0 Å². The number of rotatable bonds is 66. The zero-order valence-corrected chi connectivity index (χ0v) is 55.1. The SMILES string of the molecule is CCCCC/C=C\C/C=C\CCCCCCCCOCC(CCCCCCCC/C=C\C/C=C\CCCCC)OC(=O)OC(CCCCCCCC/C=C\C/C=C\CCCCC)COCCCCCCCC/C=C\C/C=C\CCCCC. The molecule has 0 aromatic rings. The number of ether oxygens (including phenoxy) is 4. The summed E-state index contributed by atoms with van der Waals surface area (Å²) in [5.74, 6) is 0. The monoisotopic (exact) mass is 1140 g/mol. The van der Waals surface area contributed by atoms with Crippen LogP contribution in [0.2, 0.25) is 0 Å². The molecule has 0 heterocycles. The first-order valence-corrected chi connectivity index (χ1v) is 35.9. The molecule has 476 valence electrons. The Kier molecular flexibility index (Phi) is 69.8. The van der Waals surface area contributed by atoms with E-state index in [1.807, 2.05) is 0 Å². The summed E-state index contributed by atoms with van der Waals surface area (Å²) in [6.45, 7) is 11.4. The average molecular weight is 1140 g/mol. The van der Waals surface area contributed by atoms with Crippen LogP contribution in [0.1, 0.15) is 349 Å². The third kappa shape index (κ3) is 67.9. The van der Waals surface area contributed by atoms with Gasteiger partial charge in [-0.2, -0.15) is 0 Å². The third-order valence-corrected chi connectivity index (χ3v) is 15.6. The fourth-order valence-corrected chi connectivity index (χ4v) is 10.2. The van der Waals surface area contributed by atoms with Crippen molar-refractivity contribution in [2.45, 2.75) is 361 Å². The van der Waals surface area contributed by atoms with Crippen molar-refractivity contribution in [2.24, 2.45) is 0 Å². The van der Waals surface area contributed by atoms with Crippen LogP contribution in [0.4, 0.5) is 4.79 Å². The highest BCUT2D eigenvalue weighted by Gasteiger charge is 2.21. The Labute approximate surface area is 512 Å². The van der Waals surface area contributed by atoms with E-state index in [2.05, 4.69) is 125 Å². The Morgan fingerprint density at radius 2 is 0.463 bits per heavy atom. The maximum atomic E-state index is 13.6. The Bertz CT molecular complexity index is 1380. The first-order chi connectivity index (χ1) is 40.7. The van der Waals surface area contributed by atoms with E-state index in [4.69, 9.17) is 18.9 Å². The summed E-state index contributed by atoms with van der Waals surface area (Å²) < 4.78 is 24.7. The average Bonchev–Trinajstić information content (AvgIpc) is 3.48. The molecule has 0 spiro atoms. The van der Waals surface area contributed by atoms with Crippen LogP contribution in [0.3, 0.4) is 0 Å². The van der Waals surface area contributed by atoms with Gasteiger partial charge in [-0.1, -0.05) is 279 Å². The van der Waals surface area contributed by atoms with E-state index in [1.54, 1.807) is 0 Å². The van der Waals surface area contributed by atoms with Crippen LogP contribution < -0.4 is 0 Å². The van der Waals surface area contributed by atoms with Crippen LogP contribution in [0.5, 0.6) is 0 Å². The summed E-state index contributed by atoms with van der Waals surface area (Å²) in [6.07, 6.45) is 96.6. The summed E-state index contributed by atoms with van der Waals surface area (Å²) in [5.41, 5.74) is 0. The summed E-state index contributed by atoms with van der Waals surface area (Å²) in [7, 11) is 0. The Hall–Kier alpha value is -2.89. The van der Waals surface area contributed by atoms with Gasteiger partial charge in [0.1, 0.15) is 12.2 Å². The molecule has 0 aliphatic heterocycles. The van der Waals surface area contributed by atoms with Crippen LogP contribution in [-0.2, 0) is 18.9 Å². The molecule has 0 saturated carbocycles. The molecule has 0 aliphatic carbocycles. The van der Waals surface area contributed by atoms with Gasteiger partial charge >= 0.3 is 6.16 Å². The van der Waals surface area contributed by atoms with Gasteiger partial charge in [0.25, 0.3) is 0 Å². The number of allylic oxidation sites excluding steroid dienone is 16. The van der Waals surface area contributed by atoms with Gasteiger partial charge in [0.05, 0.1) is 13.2 Å². The van der Waals surface area contributed by atoms with E-state index in [0.717, 1.165) is 77.0 Å². The molecule has 0 rings (SSSR count). The number of carbonyl (C=O) groups is 1. The van der Waals surface area contributed by atoms with Crippen molar-refractivity contribution in [3.05, 3.63) is 97.2 Å². The van der Waals surface area contributed by atoms with Crippen molar-refractivity contribution in [1.29, 1.82) is 0 Å². The maximum absolute atomic E-state index is 13.6. The minimum atomic E-state index is -0.551. The fourth-order valence-electron chi connectivity index (χ4n) is 10.2.